The number of nitrogens with one attached hydrogen (secondary N) is 1. The van der Waals surface area contributed by atoms with E-state index in [1.54, 1.807) is 0 Å². The molecule has 1 heterocycles. The summed E-state index contributed by atoms with van der Waals surface area (Å²) in [6.07, 6.45) is 0. The molecule has 104 valence electrons. The molecule has 0 aliphatic heterocycles. The smallest absolute Gasteiger partial charge is 0.273 e. The molecule has 2 N–H and O–H groups in total. The van der Waals surface area contributed by atoms with Crippen molar-refractivity contribution in [3.63, 3.8) is 0 Å². The van der Waals surface area contributed by atoms with Gasteiger partial charge in [0.25, 0.3) is 10.0 Å². The number of hydrogen-bond acceptors (Lipinski definition) is 4. The van der Waals surface area contributed by atoms with E-state index in [9.17, 15) is 8.42 Å². The van der Waals surface area contributed by atoms with Crippen LogP contribution in [0.25, 0.3) is 0 Å². The molecule has 6 heteroatoms. The van der Waals surface area contributed by atoms with E-state index in [1.165, 1.54) is 12.1 Å². The first-order valence-electron chi connectivity index (χ1n) is 5.88. The lowest BCUT2D eigenvalue weighted by atomic mass is 9.81. The fourth-order valence-electron chi connectivity index (χ4n) is 1.14. The number of rotatable bonds is 6. The molecule has 0 atom stereocenters. The van der Waals surface area contributed by atoms with Crippen LogP contribution in [0, 0.1) is 11.3 Å². The van der Waals surface area contributed by atoms with E-state index in [0.717, 1.165) is 0 Å². The van der Waals surface area contributed by atoms with Crippen LogP contribution in [0.1, 0.15) is 33.5 Å². The maximum absolute atomic E-state index is 11.9. The van der Waals surface area contributed by atoms with Crippen molar-refractivity contribution >= 4 is 10.0 Å². The van der Waals surface area contributed by atoms with Crippen LogP contribution >= 0.6 is 0 Å². The highest BCUT2D eigenvalue weighted by atomic mass is 32.2. The lowest BCUT2D eigenvalue weighted by molar-refractivity contribution is 0.234. The summed E-state index contributed by atoms with van der Waals surface area (Å²) in [6.45, 7) is 8.12. The fourth-order valence-corrected chi connectivity index (χ4v) is 2.31. The van der Waals surface area contributed by atoms with Crippen molar-refractivity contribution in [2.24, 2.45) is 11.3 Å². The second kappa shape index (κ2) is 5.42. The van der Waals surface area contributed by atoms with Crippen LogP contribution < -0.4 is 4.72 Å². The van der Waals surface area contributed by atoms with Gasteiger partial charge >= 0.3 is 0 Å². The topological polar surface area (TPSA) is 79.5 Å². The molecule has 0 bridgehead atoms. The zero-order chi connectivity index (χ0) is 14.0. The van der Waals surface area contributed by atoms with E-state index >= 15 is 0 Å². The summed E-state index contributed by atoms with van der Waals surface area (Å²) in [5.41, 5.74) is -0.139. The summed E-state index contributed by atoms with van der Waals surface area (Å²) in [4.78, 5) is 0. The van der Waals surface area contributed by atoms with Crippen LogP contribution in [0.15, 0.2) is 21.6 Å². The van der Waals surface area contributed by atoms with Crippen LogP contribution in [0.2, 0.25) is 0 Å². The van der Waals surface area contributed by atoms with Crippen molar-refractivity contribution in [1.29, 1.82) is 0 Å². The van der Waals surface area contributed by atoms with Crippen molar-refractivity contribution in [2.75, 3.05) is 6.54 Å². The van der Waals surface area contributed by atoms with Gasteiger partial charge in [-0.1, -0.05) is 27.7 Å². The third-order valence-electron chi connectivity index (χ3n) is 3.34. The first-order valence-corrected chi connectivity index (χ1v) is 7.36. The Morgan fingerprint density at radius 2 is 2.00 bits per heavy atom. The van der Waals surface area contributed by atoms with Crippen molar-refractivity contribution in [2.45, 2.75) is 39.4 Å². The van der Waals surface area contributed by atoms with E-state index in [4.69, 9.17) is 9.52 Å². The predicted molar refractivity (Wildman–Crippen MR) is 68.4 cm³/mol. The minimum absolute atomic E-state index is 0.139. The van der Waals surface area contributed by atoms with Gasteiger partial charge in [-0.2, -0.15) is 0 Å². The van der Waals surface area contributed by atoms with Crippen LogP contribution in [0.3, 0.4) is 0 Å². The molecular formula is C12H21NO4S. The average Bonchev–Trinajstić information content (AvgIpc) is 2.75. The monoisotopic (exact) mass is 275 g/mol. The van der Waals surface area contributed by atoms with Crippen molar-refractivity contribution in [3.8, 4) is 0 Å². The minimum Gasteiger partial charge on any atom is -0.446 e. The van der Waals surface area contributed by atoms with E-state index in [-0.39, 0.29) is 22.9 Å². The van der Waals surface area contributed by atoms with E-state index in [2.05, 4.69) is 4.72 Å². The molecule has 1 rings (SSSR count). The summed E-state index contributed by atoms with van der Waals surface area (Å²) in [5, 5.41) is 8.68. The van der Waals surface area contributed by atoms with E-state index < -0.39 is 10.0 Å². The molecule has 18 heavy (non-hydrogen) atoms. The highest BCUT2D eigenvalue weighted by Crippen LogP contribution is 2.25. The lowest BCUT2D eigenvalue weighted by Crippen LogP contribution is -2.36. The Hall–Kier alpha value is -0.850. The molecule has 1 aromatic heterocycles. The second-order valence-electron chi connectivity index (χ2n) is 5.35. The van der Waals surface area contributed by atoms with Crippen molar-refractivity contribution in [1.82, 2.24) is 4.72 Å². The van der Waals surface area contributed by atoms with Gasteiger partial charge in [-0.25, -0.2) is 13.1 Å². The first-order chi connectivity index (χ1) is 8.19. The molecule has 0 radical (unpaired) electrons. The molecule has 0 aliphatic rings. The Bertz CT molecular complexity index is 488. The highest BCUT2D eigenvalue weighted by Gasteiger charge is 2.26. The molecule has 5 nitrogen and oxygen atoms in total. The molecular weight excluding hydrogens is 254 g/mol. The SMILES string of the molecule is CC(C)C(C)(C)CNS(=O)(=O)c1ccc(CO)o1. The first kappa shape index (κ1) is 15.2. The molecule has 1 aromatic rings. The zero-order valence-electron chi connectivity index (χ0n) is 11.2. The Labute approximate surface area is 108 Å². The van der Waals surface area contributed by atoms with Gasteiger partial charge in [0.15, 0.2) is 0 Å². The van der Waals surface area contributed by atoms with Gasteiger partial charge in [0, 0.05) is 6.54 Å². The third kappa shape index (κ3) is 3.57. The molecule has 0 saturated heterocycles. The number of aliphatic hydroxyl groups is 1. The molecule has 0 saturated carbocycles. The Morgan fingerprint density at radius 1 is 1.39 bits per heavy atom. The normalized spacial score (nSPS) is 13.2. The Kier molecular flexibility index (Phi) is 4.58. The third-order valence-corrected chi connectivity index (χ3v) is 4.61. The Balaban J connectivity index is 2.77. The maximum atomic E-state index is 11.9. The van der Waals surface area contributed by atoms with Crippen LogP contribution in [0.5, 0.6) is 0 Å². The highest BCUT2D eigenvalue weighted by molar-refractivity contribution is 7.89. The number of furan rings is 1. The summed E-state index contributed by atoms with van der Waals surface area (Å²) in [5.74, 6) is 0.586. The lowest BCUT2D eigenvalue weighted by Gasteiger charge is -2.28. The molecule has 0 fully saturated rings. The summed E-state index contributed by atoms with van der Waals surface area (Å²) >= 11 is 0. The summed E-state index contributed by atoms with van der Waals surface area (Å²) < 4.78 is 31.4. The molecule has 0 amide bonds. The zero-order valence-corrected chi connectivity index (χ0v) is 12.0. The summed E-state index contributed by atoms with van der Waals surface area (Å²) in [6, 6.07) is 2.79. The number of aliphatic hydroxyl groups excluding tert-OH is 1. The van der Waals surface area contributed by atoms with Crippen LogP contribution in [0.4, 0.5) is 0 Å². The number of sulfonamides is 1. The predicted octanol–water partition coefficient (Wildman–Crippen LogP) is 1.73. The maximum Gasteiger partial charge on any atom is 0.273 e. The van der Waals surface area contributed by atoms with E-state index in [1.807, 2.05) is 27.7 Å². The molecule has 0 aromatic carbocycles. The van der Waals surface area contributed by atoms with Gasteiger partial charge in [0.1, 0.15) is 12.4 Å². The quantitative estimate of drug-likeness (QED) is 0.828. The Morgan fingerprint density at radius 3 is 2.44 bits per heavy atom. The standard InChI is InChI=1S/C12H21NO4S/c1-9(2)12(3,4)8-13-18(15,16)11-6-5-10(7-14)17-11/h5-6,9,13-14H,7-8H2,1-4H3. The second-order valence-corrected chi connectivity index (χ2v) is 7.04. The van der Waals surface area contributed by atoms with Crippen molar-refractivity contribution < 1.29 is 17.9 Å². The molecule has 0 unspecified atom stereocenters. The molecule has 0 aliphatic carbocycles. The van der Waals surface area contributed by atoms with Crippen molar-refractivity contribution in [3.05, 3.63) is 17.9 Å². The van der Waals surface area contributed by atoms with Crippen LogP contribution in [-0.2, 0) is 16.6 Å². The van der Waals surface area contributed by atoms with Gasteiger partial charge in [-0.05, 0) is 23.5 Å². The number of hydrogen-bond donors (Lipinski definition) is 2. The summed E-state index contributed by atoms with van der Waals surface area (Å²) in [7, 11) is -3.64. The van der Waals surface area contributed by atoms with Gasteiger partial charge in [-0.15, -0.1) is 0 Å². The minimum atomic E-state index is -3.64. The largest absolute Gasteiger partial charge is 0.446 e. The average molecular weight is 275 g/mol. The van der Waals surface area contributed by atoms with Crippen LogP contribution in [-0.4, -0.2) is 20.1 Å². The van der Waals surface area contributed by atoms with E-state index in [0.29, 0.717) is 12.5 Å². The van der Waals surface area contributed by atoms with Gasteiger partial charge in [0.2, 0.25) is 5.09 Å². The fraction of sp³-hybridized carbons (Fsp3) is 0.667. The van der Waals surface area contributed by atoms with Gasteiger partial charge < -0.3 is 9.52 Å². The van der Waals surface area contributed by atoms with Gasteiger partial charge in [-0.3, -0.25) is 0 Å². The van der Waals surface area contributed by atoms with Gasteiger partial charge in [0.05, 0.1) is 0 Å². The molecule has 0 spiro atoms.